The maximum Gasteiger partial charge on any atom is 0.472 e. The molecule has 10 heteroatoms. The Morgan fingerprint density at radius 2 is 0.845 bits per heavy atom. The number of nitrogens with two attached hydrogens (primary N) is 1. The van der Waals surface area contributed by atoms with Crippen molar-refractivity contribution < 1.29 is 37.6 Å². The third-order valence-electron chi connectivity index (χ3n) is 10.9. The Hall–Kier alpha value is -1.25. The van der Waals surface area contributed by atoms with Crippen molar-refractivity contribution in [2.45, 2.75) is 258 Å². The van der Waals surface area contributed by atoms with Gasteiger partial charge in [-0.1, -0.05) is 212 Å². The zero-order valence-electron chi connectivity index (χ0n) is 38.1. The molecule has 0 bridgehead atoms. The zero-order valence-corrected chi connectivity index (χ0v) is 38.9. The zero-order chi connectivity index (χ0) is 42.5. The highest BCUT2D eigenvalue weighted by Gasteiger charge is 2.26. The number of allylic oxidation sites excluding steroid dienone is 2. The van der Waals surface area contributed by atoms with E-state index in [0.717, 1.165) is 32.1 Å². The van der Waals surface area contributed by atoms with Gasteiger partial charge in [0.25, 0.3) is 0 Å². The number of carbonyl (C=O) groups is 2. The first-order chi connectivity index (χ1) is 28.3. The quantitative estimate of drug-likeness (QED) is 0.0266. The summed E-state index contributed by atoms with van der Waals surface area (Å²) >= 11 is 0. The number of unbranched alkanes of at least 4 members (excludes halogenated alkanes) is 32. The molecule has 0 heterocycles. The van der Waals surface area contributed by atoms with Crippen molar-refractivity contribution in [1.82, 2.24) is 0 Å². The third-order valence-corrected chi connectivity index (χ3v) is 11.9. The lowest BCUT2D eigenvalue weighted by molar-refractivity contribution is -0.161. The van der Waals surface area contributed by atoms with E-state index in [4.69, 9.17) is 24.3 Å². The molecule has 344 valence electrons. The van der Waals surface area contributed by atoms with Crippen molar-refractivity contribution in [3.8, 4) is 0 Å². The Labute approximate surface area is 358 Å². The van der Waals surface area contributed by atoms with Gasteiger partial charge in [0.15, 0.2) is 6.10 Å². The number of ether oxygens (including phenoxy) is 2. The third kappa shape index (κ3) is 44.3. The molecule has 0 aliphatic heterocycles. The van der Waals surface area contributed by atoms with Crippen LogP contribution in [0.15, 0.2) is 12.2 Å². The van der Waals surface area contributed by atoms with E-state index in [9.17, 15) is 19.0 Å². The molecule has 0 aromatic rings. The summed E-state index contributed by atoms with van der Waals surface area (Å²) in [5, 5.41) is 0. The first-order valence-corrected chi connectivity index (χ1v) is 26.2. The van der Waals surface area contributed by atoms with E-state index in [-0.39, 0.29) is 38.6 Å². The van der Waals surface area contributed by atoms with E-state index >= 15 is 0 Å². The molecule has 0 aromatic carbocycles. The van der Waals surface area contributed by atoms with Crippen LogP contribution < -0.4 is 5.73 Å². The van der Waals surface area contributed by atoms with E-state index in [1.54, 1.807) is 0 Å². The summed E-state index contributed by atoms with van der Waals surface area (Å²) < 4.78 is 32.9. The van der Waals surface area contributed by atoms with E-state index in [0.29, 0.717) is 6.42 Å². The summed E-state index contributed by atoms with van der Waals surface area (Å²) in [6.45, 7) is 3.77. The molecule has 0 spiro atoms. The van der Waals surface area contributed by atoms with Gasteiger partial charge in [0.1, 0.15) is 6.61 Å². The van der Waals surface area contributed by atoms with Crippen molar-refractivity contribution in [2.75, 3.05) is 26.4 Å². The Kier molecular flexibility index (Phi) is 44.3. The van der Waals surface area contributed by atoms with E-state index < -0.39 is 26.5 Å². The summed E-state index contributed by atoms with van der Waals surface area (Å²) in [5.74, 6) is -0.818. The van der Waals surface area contributed by atoms with Crippen molar-refractivity contribution in [2.24, 2.45) is 5.73 Å². The predicted octanol–water partition coefficient (Wildman–Crippen LogP) is 14.6. The summed E-state index contributed by atoms with van der Waals surface area (Å²) in [7, 11) is -4.38. The second-order valence-electron chi connectivity index (χ2n) is 16.7. The van der Waals surface area contributed by atoms with Gasteiger partial charge in [0.05, 0.1) is 13.2 Å². The number of rotatable bonds is 47. The second kappa shape index (κ2) is 45.3. The monoisotopic (exact) mass is 844 g/mol. The summed E-state index contributed by atoms with van der Waals surface area (Å²) in [4.78, 5) is 35.0. The Balaban J connectivity index is 4.04. The Morgan fingerprint density at radius 3 is 1.22 bits per heavy atom. The minimum absolute atomic E-state index is 0.0560. The number of hydrogen-bond donors (Lipinski definition) is 2. The topological polar surface area (TPSA) is 134 Å². The molecular formula is C48H94NO8P. The number of hydrogen-bond acceptors (Lipinski definition) is 8. The van der Waals surface area contributed by atoms with Crippen LogP contribution in [0.3, 0.4) is 0 Å². The van der Waals surface area contributed by atoms with Crippen molar-refractivity contribution in [3.05, 3.63) is 12.2 Å². The molecule has 1 unspecified atom stereocenters. The minimum Gasteiger partial charge on any atom is -0.462 e. The molecule has 0 fully saturated rings. The lowest BCUT2D eigenvalue weighted by atomic mass is 10.0. The fraction of sp³-hybridized carbons (Fsp3) is 0.917. The highest BCUT2D eigenvalue weighted by atomic mass is 31.2. The summed E-state index contributed by atoms with van der Waals surface area (Å²) in [6, 6.07) is 0. The van der Waals surface area contributed by atoms with Crippen molar-refractivity contribution >= 4 is 19.8 Å². The lowest BCUT2D eigenvalue weighted by Crippen LogP contribution is -2.29. The van der Waals surface area contributed by atoms with Crippen LogP contribution in [0, 0.1) is 0 Å². The molecular weight excluding hydrogens is 750 g/mol. The molecule has 0 rings (SSSR count). The maximum absolute atomic E-state index is 12.6. The second-order valence-corrected chi connectivity index (χ2v) is 18.1. The average Bonchev–Trinajstić information content (AvgIpc) is 3.21. The molecule has 0 saturated carbocycles. The molecule has 2 atom stereocenters. The average molecular weight is 844 g/mol. The first-order valence-electron chi connectivity index (χ1n) is 24.7. The van der Waals surface area contributed by atoms with Crippen LogP contribution >= 0.6 is 7.82 Å². The van der Waals surface area contributed by atoms with Crippen LogP contribution in [-0.4, -0.2) is 49.3 Å². The molecule has 9 nitrogen and oxygen atoms in total. The predicted molar refractivity (Wildman–Crippen MR) is 243 cm³/mol. The van der Waals surface area contributed by atoms with Gasteiger partial charge in [0, 0.05) is 19.4 Å². The molecule has 0 radical (unpaired) electrons. The summed E-state index contributed by atoms with van der Waals surface area (Å²) in [5.41, 5.74) is 5.36. The van der Waals surface area contributed by atoms with Gasteiger partial charge in [-0.05, 0) is 38.5 Å². The van der Waals surface area contributed by atoms with Crippen LogP contribution in [0.4, 0.5) is 0 Å². The van der Waals surface area contributed by atoms with Gasteiger partial charge >= 0.3 is 19.8 Å². The molecule has 0 amide bonds. The van der Waals surface area contributed by atoms with Crippen molar-refractivity contribution in [3.63, 3.8) is 0 Å². The summed E-state index contributed by atoms with van der Waals surface area (Å²) in [6.07, 6.45) is 48.1. The number of carbonyl (C=O) groups excluding carboxylic acids is 2. The normalized spacial score (nSPS) is 13.2. The van der Waals surface area contributed by atoms with E-state index in [1.807, 2.05) is 0 Å². The smallest absolute Gasteiger partial charge is 0.462 e. The van der Waals surface area contributed by atoms with Gasteiger partial charge in [-0.25, -0.2) is 4.57 Å². The number of phosphoric acid groups is 1. The maximum atomic E-state index is 12.6. The highest BCUT2D eigenvalue weighted by molar-refractivity contribution is 7.47. The van der Waals surface area contributed by atoms with Gasteiger partial charge in [0.2, 0.25) is 0 Å². The van der Waals surface area contributed by atoms with Gasteiger partial charge in [-0.3, -0.25) is 18.6 Å². The van der Waals surface area contributed by atoms with Crippen molar-refractivity contribution in [1.29, 1.82) is 0 Å². The molecule has 0 saturated heterocycles. The minimum atomic E-state index is -4.38. The fourth-order valence-electron chi connectivity index (χ4n) is 7.22. The van der Waals surface area contributed by atoms with Gasteiger partial charge < -0.3 is 20.1 Å². The van der Waals surface area contributed by atoms with Crippen LogP contribution in [0.5, 0.6) is 0 Å². The molecule has 3 N–H and O–H groups in total. The lowest BCUT2D eigenvalue weighted by Gasteiger charge is -2.19. The molecule has 0 aliphatic carbocycles. The molecule has 0 aliphatic rings. The standard InChI is InChI=1S/C48H94NO8P/c1-3-5-7-9-11-13-15-17-19-21-22-23-25-27-29-31-33-35-37-39-41-48(51)57-46(45-56-58(52,53)55-43-42-49)44-54-47(50)40-38-36-34-32-30-28-26-24-20-18-16-14-12-10-8-6-4-2/h18,20,46H,3-17,19,21-45,49H2,1-2H3,(H,52,53)/b20-18+/t46-/m1/s1. The van der Waals surface area contributed by atoms with E-state index in [2.05, 4.69) is 26.0 Å². The molecule has 58 heavy (non-hydrogen) atoms. The van der Waals surface area contributed by atoms with E-state index in [1.165, 1.54) is 186 Å². The van der Waals surface area contributed by atoms with Crippen LogP contribution in [0.25, 0.3) is 0 Å². The first kappa shape index (κ1) is 56.8. The Bertz CT molecular complexity index is 964. The van der Waals surface area contributed by atoms with Gasteiger partial charge in [-0.2, -0.15) is 0 Å². The number of phosphoric ester groups is 1. The van der Waals surface area contributed by atoms with Gasteiger partial charge in [-0.15, -0.1) is 0 Å². The van der Waals surface area contributed by atoms with Crippen LogP contribution in [0.2, 0.25) is 0 Å². The van der Waals surface area contributed by atoms with Crippen LogP contribution in [-0.2, 0) is 32.7 Å². The number of esters is 2. The molecule has 0 aromatic heterocycles. The van der Waals surface area contributed by atoms with Crippen LogP contribution in [0.1, 0.15) is 251 Å². The SMILES string of the molecule is CCCCCCCC/C=C/CCCCCCCCCC(=O)OC[C@H](COP(=O)(O)OCCN)OC(=O)CCCCCCCCCCCCCCCCCCCCCC. The fourth-order valence-corrected chi connectivity index (χ4v) is 7.99. The Morgan fingerprint density at radius 1 is 0.500 bits per heavy atom. The highest BCUT2D eigenvalue weighted by Crippen LogP contribution is 2.43. The largest absolute Gasteiger partial charge is 0.472 e.